The quantitative estimate of drug-likeness (QED) is 0.139. The summed E-state index contributed by atoms with van der Waals surface area (Å²) in [6.07, 6.45) is 12.1. The van der Waals surface area contributed by atoms with Crippen molar-refractivity contribution in [2.24, 2.45) is 14.1 Å². The third kappa shape index (κ3) is 3.78. The minimum atomic E-state index is 0.996. The molecule has 0 atom stereocenters. The van der Waals surface area contributed by atoms with Gasteiger partial charge in [-0.2, -0.15) is 10.2 Å². The Balaban J connectivity index is 1.35. The zero-order chi connectivity index (χ0) is 33.1. The zero-order valence-electron chi connectivity index (χ0n) is 27.4. The second-order valence-electron chi connectivity index (χ2n) is 13.4. The van der Waals surface area contributed by atoms with E-state index in [1.165, 1.54) is 21.5 Å². The van der Waals surface area contributed by atoms with Crippen LogP contribution >= 0.6 is 0 Å². The highest BCUT2D eigenvalue weighted by atomic mass is 15.2. The topological polar surface area (TPSA) is 61.4 Å². The number of rotatable bonds is 2. The second-order valence-corrected chi connectivity index (χ2v) is 13.4. The highest BCUT2D eigenvalue weighted by Gasteiger charge is 2.20. The summed E-state index contributed by atoms with van der Waals surface area (Å²) in [5.74, 6) is 0. The van der Waals surface area contributed by atoms with E-state index in [4.69, 9.17) is 20.2 Å². The summed E-state index contributed by atoms with van der Waals surface area (Å²) in [4.78, 5) is 9.39. The highest BCUT2D eigenvalue weighted by Crippen LogP contribution is 2.45. The van der Waals surface area contributed by atoms with E-state index in [2.05, 4.69) is 109 Å². The smallest absolute Gasteiger partial charge is 0.101 e. The van der Waals surface area contributed by atoms with Crippen molar-refractivity contribution in [1.82, 2.24) is 29.5 Å². The molecule has 0 aliphatic heterocycles. The van der Waals surface area contributed by atoms with Gasteiger partial charge in [0.1, 0.15) is 11.0 Å². The maximum Gasteiger partial charge on any atom is 0.101 e. The van der Waals surface area contributed by atoms with Gasteiger partial charge in [0.15, 0.2) is 0 Å². The SMILES string of the molecule is Cn1cc2ccc3c(-c4cncc5ccccc45)cc4cc5c(cc(-c6cncc7ccccc67)c6ccc7cn(C)nc7c65)cc4c3c2n1. The van der Waals surface area contributed by atoms with Gasteiger partial charge >= 0.3 is 0 Å². The summed E-state index contributed by atoms with van der Waals surface area (Å²) >= 11 is 0. The van der Waals surface area contributed by atoms with Crippen molar-refractivity contribution in [1.29, 1.82) is 0 Å². The lowest BCUT2D eigenvalue weighted by molar-refractivity contribution is 0.780. The first-order valence-electron chi connectivity index (χ1n) is 16.8. The lowest BCUT2D eigenvalue weighted by Crippen LogP contribution is -1.92. The number of nitrogens with zero attached hydrogens (tertiary/aromatic N) is 6. The van der Waals surface area contributed by atoms with Gasteiger partial charge in [0.05, 0.1) is 0 Å². The fourth-order valence-electron chi connectivity index (χ4n) is 8.29. The summed E-state index contributed by atoms with van der Waals surface area (Å²) in [6, 6.07) is 35.3. The molecule has 0 unspecified atom stereocenters. The molecule has 0 aliphatic carbocycles. The molecule has 234 valence electrons. The Kier molecular flexibility index (Phi) is 5.43. The zero-order valence-corrected chi connectivity index (χ0v) is 27.4. The lowest BCUT2D eigenvalue weighted by Gasteiger charge is -2.17. The summed E-state index contributed by atoms with van der Waals surface area (Å²) in [5.41, 5.74) is 6.51. The van der Waals surface area contributed by atoms with E-state index in [1.807, 2.05) is 48.2 Å². The first-order chi connectivity index (χ1) is 24.6. The molecule has 0 saturated heterocycles. The number of hydrogen-bond acceptors (Lipinski definition) is 4. The molecule has 0 aliphatic rings. The number of pyridine rings is 2. The van der Waals surface area contributed by atoms with Crippen LogP contribution < -0.4 is 0 Å². The lowest BCUT2D eigenvalue weighted by atomic mass is 9.87. The normalized spacial score (nSPS) is 12.2. The number of aromatic nitrogens is 6. The average Bonchev–Trinajstić information content (AvgIpc) is 3.73. The largest absolute Gasteiger partial charge is 0.275 e. The van der Waals surface area contributed by atoms with Gasteiger partial charge in [-0.15, -0.1) is 0 Å². The molecule has 0 bridgehead atoms. The Hall–Kier alpha value is -6.66. The molecule has 0 N–H and O–H groups in total. The maximum atomic E-state index is 5.04. The predicted octanol–water partition coefficient (Wildman–Crippen LogP) is 10.5. The van der Waals surface area contributed by atoms with Gasteiger partial charge < -0.3 is 0 Å². The van der Waals surface area contributed by atoms with Crippen LogP contribution in [0.2, 0.25) is 0 Å². The van der Waals surface area contributed by atoms with Gasteiger partial charge in [-0.25, -0.2) is 0 Å². The molecule has 0 amide bonds. The van der Waals surface area contributed by atoms with E-state index >= 15 is 0 Å². The molecule has 0 fully saturated rings. The van der Waals surface area contributed by atoms with Crippen LogP contribution in [0.1, 0.15) is 0 Å². The number of aryl methyl sites for hydroxylation is 2. The van der Waals surface area contributed by atoms with E-state index in [0.29, 0.717) is 0 Å². The predicted molar refractivity (Wildman–Crippen MR) is 206 cm³/mol. The van der Waals surface area contributed by atoms with Gasteiger partial charge in [0.25, 0.3) is 0 Å². The Morgan fingerprint density at radius 2 is 0.840 bits per heavy atom. The van der Waals surface area contributed by atoms with E-state index in [1.54, 1.807) is 0 Å². The molecule has 0 saturated carbocycles. The third-order valence-electron chi connectivity index (χ3n) is 10.4. The molecule has 6 nitrogen and oxygen atoms in total. The third-order valence-corrected chi connectivity index (χ3v) is 10.4. The van der Waals surface area contributed by atoms with Gasteiger partial charge in [0, 0.05) is 94.7 Å². The summed E-state index contributed by atoms with van der Waals surface area (Å²) in [6.45, 7) is 0. The molecule has 4 heterocycles. The minimum Gasteiger partial charge on any atom is -0.275 e. The van der Waals surface area contributed by atoms with Gasteiger partial charge in [0.2, 0.25) is 0 Å². The monoisotopic (exact) mass is 640 g/mol. The van der Waals surface area contributed by atoms with Crippen molar-refractivity contribution in [3.63, 3.8) is 0 Å². The first-order valence-corrected chi connectivity index (χ1v) is 16.8. The minimum absolute atomic E-state index is 0.996. The Morgan fingerprint density at radius 3 is 1.32 bits per heavy atom. The number of hydrogen-bond donors (Lipinski definition) is 0. The van der Waals surface area contributed by atoms with Crippen molar-refractivity contribution in [2.45, 2.75) is 0 Å². The average molecular weight is 641 g/mol. The van der Waals surface area contributed by atoms with Crippen LogP contribution in [0.4, 0.5) is 0 Å². The summed E-state index contributed by atoms with van der Waals surface area (Å²) in [5, 5.41) is 26.2. The summed E-state index contributed by atoms with van der Waals surface area (Å²) < 4.78 is 3.83. The molecule has 7 aromatic carbocycles. The van der Waals surface area contributed by atoms with Crippen molar-refractivity contribution < 1.29 is 0 Å². The Morgan fingerprint density at radius 1 is 0.380 bits per heavy atom. The van der Waals surface area contributed by atoms with Gasteiger partial charge in [-0.3, -0.25) is 19.3 Å². The Bertz CT molecular complexity index is 3010. The molecule has 4 aromatic heterocycles. The van der Waals surface area contributed by atoms with Crippen molar-refractivity contribution in [3.05, 3.63) is 134 Å². The number of fused-ring (bicyclic) bond motifs is 12. The van der Waals surface area contributed by atoms with Crippen LogP contribution in [-0.4, -0.2) is 29.5 Å². The molecule has 6 heteroatoms. The van der Waals surface area contributed by atoms with E-state index in [0.717, 1.165) is 87.1 Å². The van der Waals surface area contributed by atoms with Crippen LogP contribution in [0.25, 0.3) is 109 Å². The van der Waals surface area contributed by atoms with Crippen molar-refractivity contribution in [3.8, 4) is 22.3 Å². The van der Waals surface area contributed by atoms with E-state index in [9.17, 15) is 0 Å². The summed E-state index contributed by atoms with van der Waals surface area (Å²) in [7, 11) is 3.99. The first kappa shape index (κ1) is 27.3. The van der Waals surface area contributed by atoms with Crippen LogP contribution in [0.15, 0.2) is 134 Å². The second kappa shape index (κ2) is 9.94. The maximum absolute atomic E-state index is 5.04. The molecule has 50 heavy (non-hydrogen) atoms. The van der Waals surface area contributed by atoms with E-state index < -0.39 is 0 Å². The van der Waals surface area contributed by atoms with Crippen LogP contribution in [0.3, 0.4) is 0 Å². The Labute approximate surface area is 285 Å². The molecule has 11 rings (SSSR count). The van der Waals surface area contributed by atoms with Crippen LogP contribution in [0, 0.1) is 0 Å². The number of benzene rings is 7. The van der Waals surface area contributed by atoms with Gasteiger partial charge in [-0.1, -0.05) is 72.8 Å². The van der Waals surface area contributed by atoms with Crippen molar-refractivity contribution in [2.75, 3.05) is 0 Å². The molecular weight excluding hydrogens is 613 g/mol. The van der Waals surface area contributed by atoms with Crippen molar-refractivity contribution >= 4 is 86.4 Å². The fourth-order valence-corrected chi connectivity index (χ4v) is 8.29. The fraction of sp³-hybridized carbons (Fsp3) is 0.0455. The van der Waals surface area contributed by atoms with Gasteiger partial charge in [-0.05, 0) is 78.5 Å². The molecule has 11 aromatic rings. The van der Waals surface area contributed by atoms with Crippen LogP contribution in [-0.2, 0) is 14.1 Å². The highest BCUT2D eigenvalue weighted by molar-refractivity contribution is 6.30. The standard InChI is InChI=1S/C44H28N6/c1-49-23-27-11-13-33-37(39-21-45-19-25-7-3-5-9-31(25)39)17-29-16-36-30(15-35(29)41(33)43(27)47-49)18-38(40-22-46-20-26-8-4-6-10-32(26)40)34-14-12-28-24-50(2)48-44(28)42(34)36/h3-24H,1-2H3. The van der Waals surface area contributed by atoms with E-state index in [-0.39, 0.29) is 0 Å². The van der Waals surface area contributed by atoms with Crippen LogP contribution in [0.5, 0.6) is 0 Å². The molecular formula is C44H28N6. The molecule has 0 radical (unpaired) electrons. The molecule has 0 spiro atoms.